The Morgan fingerprint density at radius 3 is 2.85 bits per heavy atom. The SMILES string of the molecule is N#Cc1cc(C(=O)N2CCc3ccccc3C2)ccn1. The van der Waals surface area contributed by atoms with Crippen LogP contribution in [-0.2, 0) is 13.0 Å². The molecule has 0 atom stereocenters. The molecule has 20 heavy (non-hydrogen) atoms. The van der Waals surface area contributed by atoms with Gasteiger partial charge in [0.05, 0.1) is 0 Å². The number of nitrogens with zero attached hydrogens (tertiary/aromatic N) is 3. The minimum atomic E-state index is -0.0431. The van der Waals surface area contributed by atoms with E-state index >= 15 is 0 Å². The van der Waals surface area contributed by atoms with Crippen molar-refractivity contribution in [3.05, 3.63) is 65.0 Å². The summed E-state index contributed by atoms with van der Waals surface area (Å²) in [5.41, 5.74) is 3.30. The van der Waals surface area contributed by atoms with Crippen LogP contribution in [-0.4, -0.2) is 22.3 Å². The van der Waals surface area contributed by atoms with E-state index in [1.807, 2.05) is 23.1 Å². The molecule has 98 valence electrons. The average Bonchev–Trinajstić information content (AvgIpc) is 2.53. The summed E-state index contributed by atoms with van der Waals surface area (Å²) in [6.45, 7) is 1.33. The fourth-order valence-electron chi connectivity index (χ4n) is 2.48. The highest BCUT2D eigenvalue weighted by Gasteiger charge is 2.21. The molecule has 1 amide bonds. The van der Waals surface area contributed by atoms with Crippen molar-refractivity contribution in [2.24, 2.45) is 0 Å². The molecule has 0 unspecified atom stereocenters. The van der Waals surface area contributed by atoms with Crippen molar-refractivity contribution < 1.29 is 4.79 Å². The van der Waals surface area contributed by atoms with E-state index in [0.29, 0.717) is 18.7 Å². The molecule has 0 saturated carbocycles. The minimum Gasteiger partial charge on any atom is -0.334 e. The molecule has 1 aliphatic heterocycles. The van der Waals surface area contributed by atoms with Crippen molar-refractivity contribution in [2.45, 2.75) is 13.0 Å². The Morgan fingerprint density at radius 2 is 2.05 bits per heavy atom. The summed E-state index contributed by atoms with van der Waals surface area (Å²) < 4.78 is 0. The maximum Gasteiger partial charge on any atom is 0.254 e. The molecule has 0 N–H and O–H groups in total. The Labute approximate surface area is 117 Å². The van der Waals surface area contributed by atoms with Crippen molar-refractivity contribution in [1.29, 1.82) is 5.26 Å². The van der Waals surface area contributed by atoms with E-state index < -0.39 is 0 Å². The molecule has 0 radical (unpaired) electrons. The van der Waals surface area contributed by atoms with Gasteiger partial charge in [-0.1, -0.05) is 24.3 Å². The Hall–Kier alpha value is -2.67. The lowest BCUT2D eigenvalue weighted by Crippen LogP contribution is -2.35. The van der Waals surface area contributed by atoms with Gasteiger partial charge in [0.15, 0.2) is 0 Å². The topological polar surface area (TPSA) is 57.0 Å². The van der Waals surface area contributed by atoms with E-state index in [1.54, 1.807) is 12.1 Å². The van der Waals surface area contributed by atoms with Gasteiger partial charge in [-0.15, -0.1) is 0 Å². The van der Waals surface area contributed by atoms with Crippen LogP contribution in [0.25, 0.3) is 0 Å². The standard InChI is InChI=1S/C16H13N3O/c17-10-15-9-13(5-7-18-15)16(20)19-8-6-12-3-1-2-4-14(12)11-19/h1-5,7,9H,6,8,11H2. The number of aromatic nitrogens is 1. The van der Waals surface area contributed by atoms with Crippen LogP contribution in [0.4, 0.5) is 0 Å². The van der Waals surface area contributed by atoms with E-state index in [4.69, 9.17) is 5.26 Å². The monoisotopic (exact) mass is 263 g/mol. The predicted octanol–water partition coefficient (Wildman–Crippen LogP) is 2.15. The first-order chi connectivity index (χ1) is 9.78. The molecule has 1 aromatic heterocycles. The van der Waals surface area contributed by atoms with Gasteiger partial charge in [-0.3, -0.25) is 4.79 Å². The van der Waals surface area contributed by atoms with Crippen LogP contribution in [0.5, 0.6) is 0 Å². The number of amides is 1. The molecule has 0 aliphatic carbocycles. The third-order valence-corrected chi connectivity index (χ3v) is 3.54. The van der Waals surface area contributed by atoms with Crippen LogP contribution in [0.15, 0.2) is 42.6 Å². The summed E-state index contributed by atoms with van der Waals surface area (Å²) >= 11 is 0. The molecule has 3 rings (SSSR count). The molecule has 4 nitrogen and oxygen atoms in total. The van der Waals surface area contributed by atoms with Crippen LogP contribution in [0, 0.1) is 11.3 Å². The molecular formula is C16H13N3O. The summed E-state index contributed by atoms with van der Waals surface area (Å²) in [7, 11) is 0. The molecule has 0 saturated heterocycles. The van der Waals surface area contributed by atoms with Gasteiger partial charge >= 0.3 is 0 Å². The van der Waals surface area contributed by atoms with E-state index in [-0.39, 0.29) is 11.6 Å². The van der Waals surface area contributed by atoms with Gasteiger partial charge in [0, 0.05) is 24.8 Å². The van der Waals surface area contributed by atoms with Crippen LogP contribution in [0.2, 0.25) is 0 Å². The van der Waals surface area contributed by atoms with Crippen molar-refractivity contribution in [3.63, 3.8) is 0 Å². The second-order valence-corrected chi connectivity index (χ2v) is 4.79. The lowest BCUT2D eigenvalue weighted by molar-refractivity contribution is 0.0734. The lowest BCUT2D eigenvalue weighted by atomic mass is 9.99. The molecule has 1 aromatic carbocycles. The zero-order valence-electron chi connectivity index (χ0n) is 10.9. The number of carbonyl (C=O) groups excluding carboxylic acids is 1. The minimum absolute atomic E-state index is 0.0431. The second-order valence-electron chi connectivity index (χ2n) is 4.79. The summed E-state index contributed by atoms with van der Waals surface area (Å²) in [5, 5.41) is 8.85. The van der Waals surface area contributed by atoms with Gasteiger partial charge in [-0.25, -0.2) is 4.98 Å². The summed E-state index contributed by atoms with van der Waals surface area (Å²) in [6.07, 6.45) is 2.38. The number of hydrogen-bond acceptors (Lipinski definition) is 3. The van der Waals surface area contributed by atoms with Crippen molar-refractivity contribution in [3.8, 4) is 6.07 Å². The van der Waals surface area contributed by atoms with Gasteiger partial charge in [0.2, 0.25) is 0 Å². The summed E-state index contributed by atoms with van der Waals surface area (Å²) in [4.78, 5) is 18.2. The second kappa shape index (κ2) is 5.14. The molecule has 0 fully saturated rings. The molecule has 0 spiro atoms. The molecule has 0 bridgehead atoms. The highest BCUT2D eigenvalue weighted by atomic mass is 16.2. The van der Waals surface area contributed by atoms with Gasteiger partial charge in [0.1, 0.15) is 11.8 Å². The summed E-state index contributed by atoms with van der Waals surface area (Å²) in [6, 6.07) is 13.3. The highest BCUT2D eigenvalue weighted by Crippen LogP contribution is 2.20. The fourth-order valence-corrected chi connectivity index (χ4v) is 2.48. The first-order valence-electron chi connectivity index (χ1n) is 6.50. The van der Waals surface area contributed by atoms with Crippen molar-refractivity contribution in [1.82, 2.24) is 9.88 Å². The third kappa shape index (κ3) is 2.26. The summed E-state index contributed by atoms with van der Waals surface area (Å²) in [5.74, 6) is -0.0431. The molecule has 4 heteroatoms. The first-order valence-corrected chi connectivity index (χ1v) is 6.50. The number of pyridine rings is 1. The number of hydrogen-bond donors (Lipinski definition) is 0. The smallest absolute Gasteiger partial charge is 0.254 e. The largest absolute Gasteiger partial charge is 0.334 e. The Bertz CT molecular complexity index is 703. The van der Waals surface area contributed by atoms with Crippen LogP contribution < -0.4 is 0 Å². The van der Waals surface area contributed by atoms with Gasteiger partial charge < -0.3 is 4.90 Å². The first kappa shape index (κ1) is 12.4. The quantitative estimate of drug-likeness (QED) is 0.792. The van der Waals surface area contributed by atoms with E-state index in [2.05, 4.69) is 17.1 Å². The third-order valence-electron chi connectivity index (χ3n) is 3.54. The molecule has 2 heterocycles. The maximum atomic E-state index is 12.5. The maximum absolute atomic E-state index is 12.5. The van der Waals surface area contributed by atoms with Crippen LogP contribution in [0.3, 0.4) is 0 Å². The number of nitriles is 1. The molecule has 2 aromatic rings. The Balaban J connectivity index is 1.84. The molecular weight excluding hydrogens is 250 g/mol. The number of rotatable bonds is 1. The van der Waals surface area contributed by atoms with Gasteiger partial charge in [-0.2, -0.15) is 5.26 Å². The normalized spacial score (nSPS) is 13.4. The van der Waals surface area contributed by atoms with E-state index in [9.17, 15) is 4.79 Å². The Morgan fingerprint density at radius 1 is 1.25 bits per heavy atom. The van der Waals surface area contributed by atoms with Crippen LogP contribution in [0.1, 0.15) is 27.2 Å². The van der Waals surface area contributed by atoms with Crippen molar-refractivity contribution >= 4 is 5.91 Å². The molecule has 1 aliphatic rings. The highest BCUT2D eigenvalue weighted by molar-refractivity contribution is 5.94. The van der Waals surface area contributed by atoms with Gasteiger partial charge in [0.25, 0.3) is 5.91 Å². The zero-order valence-corrected chi connectivity index (χ0v) is 10.9. The van der Waals surface area contributed by atoms with Crippen molar-refractivity contribution in [2.75, 3.05) is 6.54 Å². The average molecular weight is 263 g/mol. The van der Waals surface area contributed by atoms with Crippen LogP contribution >= 0.6 is 0 Å². The fraction of sp³-hybridized carbons (Fsp3) is 0.188. The van der Waals surface area contributed by atoms with E-state index in [1.165, 1.54) is 17.3 Å². The predicted molar refractivity (Wildman–Crippen MR) is 73.8 cm³/mol. The Kier molecular flexibility index (Phi) is 3.18. The number of carbonyl (C=O) groups is 1. The number of benzene rings is 1. The lowest BCUT2D eigenvalue weighted by Gasteiger charge is -2.28. The zero-order chi connectivity index (χ0) is 13.9. The number of fused-ring (bicyclic) bond motifs is 1. The van der Waals surface area contributed by atoms with Gasteiger partial charge in [-0.05, 0) is 29.7 Å². The van der Waals surface area contributed by atoms with E-state index in [0.717, 1.165) is 6.42 Å².